The highest BCUT2D eigenvalue weighted by atomic mass is 16.6. The highest BCUT2D eigenvalue weighted by molar-refractivity contribution is 6.02. The summed E-state index contributed by atoms with van der Waals surface area (Å²) in [6, 6.07) is 11.4. The molecule has 1 heterocycles. The number of carbonyl (C=O) groups is 2. The fourth-order valence-corrected chi connectivity index (χ4v) is 3.24. The van der Waals surface area contributed by atoms with Gasteiger partial charge in [0, 0.05) is 37.8 Å². The fraction of sp³-hybridized carbons (Fsp3) is 0.333. The van der Waals surface area contributed by atoms with E-state index in [0.717, 1.165) is 5.69 Å². The monoisotopic (exact) mass is 428 g/mol. The molecule has 1 amide bonds. The van der Waals surface area contributed by atoms with Crippen LogP contribution in [0.4, 0.5) is 22.7 Å². The number of esters is 1. The summed E-state index contributed by atoms with van der Waals surface area (Å²) in [6.07, 6.45) is 0.0534. The Morgan fingerprint density at radius 2 is 1.90 bits per heavy atom. The first-order chi connectivity index (χ1) is 15.0. The lowest BCUT2D eigenvalue weighted by atomic mass is 10.1. The quantitative estimate of drug-likeness (QED) is 0.374. The van der Waals surface area contributed by atoms with Gasteiger partial charge in [-0.3, -0.25) is 14.9 Å². The highest BCUT2D eigenvalue weighted by Crippen LogP contribution is 2.26. The summed E-state index contributed by atoms with van der Waals surface area (Å²) < 4.78 is 10.2. The maximum absolute atomic E-state index is 12.4. The first kappa shape index (κ1) is 22.0. The fourth-order valence-electron chi connectivity index (χ4n) is 3.24. The predicted molar refractivity (Wildman–Crippen MR) is 116 cm³/mol. The molecule has 0 atom stereocenters. The van der Waals surface area contributed by atoms with E-state index in [1.54, 1.807) is 30.3 Å². The van der Waals surface area contributed by atoms with Crippen LogP contribution in [0.15, 0.2) is 42.5 Å². The molecular formula is C21H24N4O6. The van der Waals surface area contributed by atoms with Crippen molar-refractivity contribution in [1.29, 1.82) is 0 Å². The van der Waals surface area contributed by atoms with Crippen LogP contribution in [0.3, 0.4) is 0 Å². The number of nitrogens with one attached hydrogen (secondary N) is 2. The lowest BCUT2D eigenvalue weighted by Gasteiger charge is -2.29. The Morgan fingerprint density at radius 3 is 2.61 bits per heavy atom. The number of ether oxygens (including phenoxy) is 2. The molecule has 0 saturated carbocycles. The van der Waals surface area contributed by atoms with Gasteiger partial charge in [-0.2, -0.15) is 0 Å². The molecule has 1 aliphatic heterocycles. The van der Waals surface area contributed by atoms with Crippen LogP contribution in [0.2, 0.25) is 0 Å². The van der Waals surface area contributed by atoms with Crippen molar-refractivity contribution >= 4 is 34.6 Å². The van der Waals surface area contributed by atoms with E-state index >= 15 is 0 Å². The van der Waals surface area contributed by atoms with Crippen LogP contribution >= 0.6 is 0 Å². The maximum Gasteiger partial charge on any atom is 0.340 e. The van der Waals surface area contributed by atoms with Crippen LogP contribution < -0.4 is 15.5 Å². The number of rotatable bonds is 8. The molecule has 0 bridgehead atoms. The van der Waals surface area contributed by atoms with Crippen LogP contribution in [-0.4, -0.2) is 56.8 Å². The average molecular weight is 428 g/mol. The molecule has 1 saturated heterocycles. The zero-order valence-electron chi connectivity index (χ0n) is 17.1. The van der Waals surface area contributed by atoms with Crippen LogP contribution in [0.5, 0.6) is 0 Å². The Labute approximate surface area is 179 Å². The van der Waals surface area contributed by atoms with Crippen molar-refractivity contribution in [1.82, 2.24) is 0 Å². The predicted octanol–water partition coefficient (Wildman–Crippen LogP) is 2.66. The number of hydrogen-bond acceptors (Lipinski definition) is 8. The summed E-state index contributed by atoms with van der Waals surface area (Å²) in [5.41, 5.74) is 1.73. The summed E-state index contributed by atoms with van der Waals surface area (Å²) in [7, 11) is 1.28. The molecule has 0 aliphatic carbocycles. The van der Waals surface area contributed by atoms with Gasteiger partial charge in [-0.1, -0.05) is 12.1 Å². The van der Waals surface area contributed by atoms with Crippen molar-refractivity contribution in [2.24, 2.45) is 0 Å². The van der Waals surface area contributed by atoms with Crippen LogP contribution in [0, 0.1) is 10.1 Å². The molecule has 0 unspecified atom stereocenters. The molecule has 1 fully saturated rings. The third kappa shape index (κ3) is 5.70. The van der Waals surface area contributed by atoms with Crippen molar-refractivity contribution in [2.75, 3.05) is 55.5 Å². The van der Waals surface area contributed by atoms with E-state index in [-0.39, 0.29) is 30.1 Å². The van der Waals surface area contributed by atoms with E-state index in [0.29, 0.717) is 37.7 Å². The number of hydrogen-bond donors (Lipinski definition) is 2. The molecular weight excluding hydrogens is 404 g/mol. The lowest BCUT2D eigenvalue weighted by Crippen LogP contribution is -2.36. The molecule has 164 valence electrons. The minimum Gasteiger partial charge on any atom is -0.465 e. The smallest absolute Gasteiger partial charge is 0.340 e. The number of para-hydroxylation sites is 2. The molecule has 3 rings (SSSR count). The van der Waals surface area contributed by atoms with E-state index in [1.807, 2.05) is 6.07 Å². The molecule has 10 nitrogen and oxygen atoms in total. The minimum atomic E-state index is -0.552. The summed E-state index contributed by atoms with van der Waals surface area (Å²) >= 11 is 0. The molecule has 0 spiro atoms. The number of nitro benzene ring substituents is 1. The standard InChI is InChI=1S/C21H24N4O6/c1-30-21(27)16-14-15(24-10-12-31-13-11-24)6-7-17(16)23-20(26)8-9-22-18-4-2-3-5-19(18)25(28)29/h2-7,14,22H,8-13H2,1H3,(H,23,26). The SMILES string of the molecule is COC(=O)c1cc(N2CCOCC2)ccc1NC(=O)CCNc1ccccc1[N+](=O)[O-]. The van der Waals surface area contributed by atoms with Gasteiger partial charge >= 0.3 is 5.97 Å². The molecule has 1 aliphatic rings. The summed E-state index contributed by atoms with van der Waals surface area (Å²) in [4.78, 5) is 37.3. The van der Waals surface area contributed by atoms with Crippen LogP contribution in [-0.2, 0) is 14.3 Å². The first-order valence-electron chi connectivity index (χ1n) is 9.82. The first-order valence-corrected chi connectivity index (χ1v) is 9.82. The molecule has 0 radical (unpaired) electrons. The Hall–Kier alpha value is -3.66. The summed E-state index contributed by atoms with van der Waals surface area (Å²) in [5.74, 6) is -0.890. The molecule has 2 aromatic rings. The van der Waals surface area contributed by atoms with Gasteiger partial charge in [0.15, 0.2) is 0 Å². The second-order valence-electron chi connectivity index (χ2n) is 6.82. The van der Waals surface area contributed by atoms with Gasteiger partial charge in [0.05, 0.1) is 36.5 Å². The Bertz CT molecular complexity index is 959. The zero-order valence-corrected chi connectivity index (χ0v) is 17.1. The molecule has 0 aromatic heterocycles. The van der Waals surface area contributed by atoms with Crippen molar-refractivity contribution < 1.29 is 24.0 Å². The van der Waals surface area contributed by atoms with E-state index in [4.69, 9.17) is 9.47 Å². The topological polar surface area (TPSA) is 123 Å². The van der Waals surface area contributed by atoms with Crippen molar-refractivity contribution in [3.63, 3.8) is 0 Å². The number of carbonyl (C=O) groups excluding carboxylic acids is 2. The van der Waals surface area contributed by atoms with E-state index < -0.39 is 10.9 Å². The third-order valence-electron chi connectivity index (χ3n) is 4.83. The largest absolute Gasteiger partial charge is 0.465 e. The second-order valence-corrected chi connectivity index (χ2v) is 6.82. The number of methoxy groups -OCH3 is 1. The number of amides is 1. The van der Waals surface area contributed by atoms with E-state index in [1.165, 1.54) is 13.2 Å². The number of nitrogens with zero attached hydrogens (tertiary/aromatic N) is 2. The van der Waals surface area contributed by atoms with Gasteiger partial charge in [-0.15, -0.1) is 0 Å². The molecule has 2 N–H and O–H groups in total. The summed E-state index contributed by atoms with van der Waals surface area (Å²) in [6.45, 7) is 2.83. The highest BCUT2D eigenvalue weighted by Gasteiger charge is 2.19. The summed E-state index contributed by atoms with van der Waals surface area (Å²) in [5, 5.41) is 16.7. The van der Waals surface area contributed by atoms with Crippen molar-refractivity contribution in [3.8, 4) is 0 Å². The maximum atomic E-state index is 12.4. The van der Waals surface area contributed by atoms with E-state index in [2.05, 4.69) is 15.5 Å². The normalized spacial score (nSPS) is 13.4. The van der Waals surface area contributed by atoms with Crippen molar-refractivity contribution in [2.45, 2.75) is 6.42 Å². The second kappa shape index (κ2) is 10.4. The molecule has 31 heavy (non-hydrogen) atoms. The van der Waals surface area contributed by atoms with Gasteiger partial charge in [0.1, 0.15) is 5.69 Å². The van der Waals surface area contributed by atoms with Gasteiger partial charge in [-0.05, 0) is 24.3 Å². The number of anilines is 3. The van der Waals surface area contributed by atoms with Gasteiger partial charge in [0.25, 0.3) is 5.69 Å². The number of benzene rings is 2. The Balaban J connectivity index is 1.65. The van der Waals surface area contributed by atoms with Gasteiger partial charge in [0.2, 0.25) is 5.91 Å². The van der Waals surface area contributed by atoms with Crippen LogP contribution in [0.25, 0.3) is 0 Å². The van der Waals surface area contributed by atoms with Gasteiger partial charge in [-0.25, -0.2) is 4.79 Å². The van der Waals surface area contributed by atoms with Crippen molar-refractivity contribution in [3.05, 3.63) is 58.1 Å². The Kier molecular flexibility index (Phi) is 7.39. The zero-order chi connectivity index (χ0) is 22.2. The molecule has 2 aromatic carbocycles. The minimum absolute atomic E-state index is 0.0534. The van der Waals surface area contributed by atoms with Crippen LogP contribution in [0.1, 0.15) is 16.8 Å². The lowest BCUT2D eigenvalue weighted by molar-refractivity contribution is -0.384. The van der Waals surface area contributed by atoms with Gasteiger partial charge < -0.3 is 25.0 Å². The van der Waals surface area contributed by atoms with E-state index in [9.17, 15) is 19.7 Å². The molecule has 10 heteroatoms. The Morgan fingerprint density at radius 1 is 1.16 bits per heavy atom. The number of morpholine rings is 1. The third-order valence-corrected chi connectivity index (χ3v) is 4.83. The number of nitro groups is 1. The average Bonchev–Trinajstić information content (AvgIpc) is 2.79.